The second-order valence-electron chi connectivity index (χ2n) is 13.2. The number of piperidine rings is 1. The number of nitrogens with zero attached hydrogens (tertiary/aromatic N) is 3. The van der Waals surface area contributed by atoms with Crippen LogP contribution in [0.1, 0.15) is 57.6 Å². The second kappa shape index (κ2) is 12.8. The quantitative estimate of drug-likeness (QED) is 0.474. The van der Waals surface area contributed by atoms with Gasteiger partial charge >= 0.3 is 0 Å². The number of rotatable bonds is 9. The SMILES string of the molecule is COc1cccc(CN(C(=O)CC(C)(C)C)[C@H]2C[C@@H](C(=O)N3CCCC(C(N)=O)C3)N(Cc3ccc4c(c3)OCO4)C2)c1. The van der Waals surface area contributed by atoms with Crippen molar-refractivity contribution >= 4 is 17.7 Å². The van der Waals surface area contributed by atoms with Crippen LogP contribution in [0.25, 0.3) is 0 Å². The monoisotopic (exact) mass is 592 g/mol. The largest absolute Gasteiger partial charge is 0.497 e. The number of primary amides is 1. The molecule has 232 valence electrons. The number of ether oxygens (including phenoxy) is 3. The molecule has 10 nitrogen and oxygen atoms in total. The van der Waals surface area contributed by atoms with Gasteiger partial charge in [-0.05, 0) is 60.1 Å². The smallest absolute Gasteiger partial charge is 0.240 e. The summed E-state index contributed by atoms with van der Waals surface area (Å²) in [6.07, 6.45) is 2.33. The standard InChI is InChI=1S/C33H44N4O6/c1-33(2,3)16-30(38)37(18-22-7-5-9-26(13-22)41-4)25-15-27(32(40)35-12-6-8-24(19-35)31(34)39)36(20-25)17-23-10-11-28-29(14-23)43-21-42-28/h5,7,9-11,13-14,24-25,27H,6,8,12,15-21H2,1-4H3,(H2,34,39)/t24?,25-,27-/m0/s1. The van der Waals surface area contributed by atoms with Gasteiger partial charge in [0.15, 0.2) is 11.5 Å². The van der Waals surface area contributed by atoms with Crippen LogP contribution in [0, 0.1) is 11.3 Å². The van der Waals surface area contributed by atoms with E-state index in [9.17, 15) is 14.4 Å². The van der Waals surface area contributed by atoms with E-state index < -0.39 is 6.04 Å². The van der Waals surface area contributed by atoms with Crippen molar-refractivity contribution in [2.45, 2.75) is 71.6 Å². The molecule has 2 saturated heterocycles. The van der Waals surface area contributed by atoms with Gasteiger partial charge in [0.2, 0.25) is 24.5 Å². The Bertz CT molecular complexity index is 1340. The zero-order valence-electron chi connectivity index (χ0n) is 25.7. The maximum atomic E-state index is 14.1. The Kier molecular flexibility index (Phi) is 9.15. The first-order valence-electron chi connectivity index (χ1n) is 15.1. The lowest BCUT2D eigenvalue weighted by atomic mass is 9.91. The molecule has 1 unspecified atom stereocenters. The molecule has 3 atom stereocenters. The molecule has 10 heteroatoms. The summed E-state index contributed by atoms with van der Waals surface area (Å²) in [6.45, 7) is 8.78. The lowest BCUT2D eigenvalue weighted by Crippen LogP contribution is -2.50. The first-order valence-corrected chi connectivity index (χ1v) is 15.1. The predicted octanol–water partition coefficient (Wildman–Crippen LogP) is 3.56. The van der Waals surface area contributed by atoms with Crippen molar-refractivity contribution in [3.8, 4) is 17.2 Å². The molecule has 2 N–H and O–H groups in total. The van der Waals surface area contributed by atoms with Gasteiger partial charge in [-0.3, -0.25) is 19.3 Å². The van der Waals surface area contributed by atoms with Gasteiger partial charge in [-0.25, -0.2) is 0 Å². The van der Waals surface area contributed by atoms with Crippen molar-refractivity contribution in [3.63, 3.8) is 0 Å². The number of methoxy groups -OCH3 is 1. The molecular formula is C33H44N4O6. The number of hydrogen-bond acceptors (Lipinski definition) is 7. The average Bonchev–Trinajstić information content (AvgIpc) is 3.61. The van der Waals surface area contributed by atoms with E-state index in [2.05, 4.69) is 25.7 Å². The molecule has 3 aliphatic heterocycles. The zero-order chi connectivity index (χ0) is 30.7. The predicted molar refractivity (Wildman–Crippen MR) is 161 cm³/mol. The molecule has 0 radical (unpaired) electrons. The Labute approximate surface area is 254 Å². The molecule has 2 fully saturated rings. The topological polar surface area (TPSA) is 115 Å². The molecule has 0 aliphatic carbocycles. The first kappa shape index (κ1) is 30.7. The number of likely N-dealkylation sites (tertiary alicyclic amines) is 2. The number of fused-ring (bicyclic) bond motifs is 1. The molecule has 3 aliphatic rings. The molecule has 2 aromatic rings. The van der Waals surface area contributed by atoms with Crippen LogP contribution in [-0.2, 0) is 27.5 Å². The molecule has 3 heterocycles. The summed E-state index contributed by atoms with van der Waals surface area (Å²) in [5, 5.41) is 0. The Balaban J connectivity index is 1.43. The lowest BCUT2D eigenvalue weighted by molar-refractivity contribution is -0.140. The van der Waals surface area contributed by atoms with Gasteiger partial charge in [0, 0.05) is 45.2 Å². The number of carbonyl (C=O) groups excluding carboxylic acids is 3. The van der Waals surface area contributed by atoms with E-state index in [1.54, 1.807) is 12.0 Å². The minimum Gasteiger partial charge on any atom is -0.497 e. The minimum atomic E-state index is -0.447. The van der Waals surface area contributed by atoms with Crippen LogP contribution >= 0.6 is 0 Å². The van der Waals surface area contributed by atoms with E-state index in [4.69, 9.17) is 19.9 Å². The number of carbonyl (C=O) groups is 3. The summed E-state index contributed by atoms with van der Waals surface area (Å²) < 4.78 is 16.5. The van der Waals surface area contributed by atoms with Gasteiger partial charge in [-0.2, -0.15) is 0 Å². The third-order valence-electron chi connectivity index (χ3n) is 8.55. The Morgan fingerprint density at radius 2 is 1.84 bits per heavy atom. The van der Waals surface area contributed by atoms with Gasteiger partial charge in [-0.1, -0.05) is 39.0 Å². The first-order chi connectivity index (χ1) is 20.5. The van der Waals surface area contributed by atoms with Gasteiger partial charge in [0.1, 0.15) is 5.75 Å². The average molecular weight is 593 g/mol. The fourth-order valence-corrected chi connectivity index (χ4v) is 6.37. The molecule has 0 spiro atoms. The summed E-state index contributed by atoms with van der Waals surface area (Å²) in [7, 11) is 1.63. The molecule has 43 heavy (non-hydrogen) atoms. The van der Waals surface area contributed by atoms with Crippen molar-refractivity contribution in [3.05, 3.63) is 53.6 Å². The van der Waals surface area contributed by atoms with Gasteiger partial charge in [0.05, 0.1) is 19.1 Å². The van der Waals surface area contributed by atoms with Crippen molar-refractivity contribution < 1.29 is 28.6 Å². The van der Waals surface area contributed by atoms with Crippen LogP contribution in [-0.4, -0.2) is 78.0 Å². The van der Waals surface area contributed by atoms with E-state index in [-0.39, 0.29) is 41.9 Å². The van der Waals surface area contributed by atoms with Gasteiger partial charge in [0.25, 0.3) is 0 Å². The molecule has 0 aromatic heterocycles. The van der Waals surface area contributed by atoms with Crippen LogP contribution in [0.5, 0.6) is 17.2 Å². The molecular weight excluding hydrogens is 548 g/mol. The third-order valence-corrected chi connectivity index (χ3v) is 8.55. The van der Waals surface area contributed by atoms with Crippen LogP contribution in [0.2, 0.25) is 0 Å². The van der Waals surface area contributed by atoms with E-state index >= 15 is 0 Å². The summed E-state index contributed by atoms with van der Waals surface area (Å²) in [5.41, 5.74) is 7.41. The van der Waals surface area contributed by atoms with Gasteiger partial charge in [-0.15, -0.1) is 0 Å². The van der Waals surface area contributed by atoms with Crippen LogP contribution in [0.3, 0.4) is 0 Å². The Hall–Kier alpha value is -3.79. The summed E-state index contributed by atoms with van der Waals surface area (Å²) in [6, 6.07) is 13.0. The number of amides is 3. The minimum absolute atomic E-state index is 0.0150. The fourth-order valence-electron chi connectivity index (χ4n) is 6.37. The molecule has 5 rings (SSSR count). The Morgan fingerprint density at radius 1 is 1.05 bits per heavy atom. The van der Waals surface area contributed by atoms with Crippen molar-refractivity contribution in [1.82, 2.24) is 14.7 Å². The summed E-state index contributed by atoms with van der Waals surface area (Å²) in [4.78, 5) is 45.9. The second-order valence-corrected chi connectivity index (χ2v) is 13.2. The molecule has 3 amide bonds. The molecule has 2 aromatic carbocycles. The number of hydrogen-bond donors (Lipinski definition) is 1. The zero-order valence-corrected chi connectivity index (χ0v) is 25.7. The van der Waals surface area contributed by atoms with Gasteiger partial charge < -0.3 is 29.7 Å². The van der Waals surface area contributed by atoms with Crippen LogP contribution < -0.4 is 19.9 Å². The number of benzene rings is 2. The van der Waals surface area contributed by atoms with E-state index in [0.717, 1.165) is 23.3 Å². The van der Waals surface area contributed by atoms with Crippen molar-refractivity contribution in [1.29, 1.82) is 0 Å². The van der Waals surface area contributed by atoms with E-state index in [1.807, 2.05) is 47.4 Å². The fraction of sp³-hybridized carbons (Fsp3) is 0.545. The molecule has 0 saturated carbocycles. The maximum absolute atomic E-state index is 14.1. The van der Waals surface area contributed by atoms with Crippen molar-refractivity contribution in [2.24, 2.45) is 17.1 Å². The van der Waals surface area contributed by atoms with Crippen LogP contribution in [0.4, 0.5) is 0 Å². The summed E-state index contributed by atoms with van der Waals surface area (Å²) in [5.74, 6) is 1.47. The highest BCUT2D eigenvalue weighted by molar-refractivity contribution is 5.84. The number of nitrogens with two attached hydrogens (primary N) is 1. The summed E-state index contributed by atoms with van der Waals surface area (Å²) >= 11 is 0. The Morgan fingerprint density at radius 3 is 2.58 bits per heavy atom. The third kappa shape index (κ3) is 7.41. The highest BCUT2D eigenvalue weighted by Crippen LogP contribution is 2.35. The normalized spacial score (nSPS) is 22.0. The lowest BCUT2D eigenvalue weighted by Gasteiger charge is -2.35. The van der Waals surface area contributed by atoms with Crippen molar-refractivity contribution in [2.75, 3.05) is 33.5 Å². The van der Waals surface area contributed by atoms with E-state index in [1.165, 1.54) is 0 Å². The highest BCUT2D eigenvalue weighted by atomic mass is 16.7. The maximum Gasteiger partial charge on any atom is 0.240 e. The van der Waals surface area contributed by atoms with Crippen LogP contribution in [0.15, 0.2) is 42.5 Å². The van der Waals surface area contributed by atoms with E-state index in [0.29, 0.717) is 63.5 Å². The highest BCUT2D eigenvalue weighted by Gasteiger charge is 2.43. The molecule has 0 bridgehead atoms.